The number of aromatic nitrogens is 4. The number of ether oxygens (including phenoxy) is 2. The maximum atomic E-state index is 15.5. The van der Waals surface area contributed by atoms with E-state index in [9.17, 15) is 24.6 Å². The Morgan fingerprint density at radius 1 is 0.718 bits per heavy atom. The van der Waals surface area contributed by atoms with E-state index in [1.807, 2.05) is 21.9 Å². The molecule has 5 N–H and O–H groups in total. The second kappa shape index (κ2) is 21.1. The Balaban J connectivity index is 0.000000194. The Morgan fingerprint density at radius 3 is 1.62 bits per heavy atom. The van der Waals surface area contributed by atoms with Gasteiger partial charge in [0, 0.05) is 32.2 Å². The number of likely N-dealkylation sites (tertiary alicyclic amines) is 1. The van der Waals surface area contributed by atoms with Crippen LogP contribution in [0.4, 0.5) is 55.1 Å². The third-order valence-corrected chi connectivity index (χ3v) is 14.3. The molecular weight excluding hydrogens is 919 g/mol. The van der Waals surface area contributed by atoms with Crippen molar-refractivity contribution < 1.29 is 42.9 Å². The molecule has 2 saturated carbocycles. The zero-order chi connectivity index (χ0) is 50.8. The number of piperidine rings is 1. The highest BCUT2D eigenvalue weighted by Gasteiger charge is 2.46. The van der Waals surface area contributed by atoms with Crippen molar-refractivity contribution in [2.75, 3.05) is 91.8 Å². The number of rotatable bonds is 12. The van der Waals surface area contributed by atoms with Crippen molar-refractivity contribution in [3.05, 3.63) is 59.9 Å². The molecule has 21 heteroatoms. The molecule has 71 heavy (non-hydrogen) atoms. The fourth-order valence-electron chi connectivity index (χ4n) is 10.3. The number of carbonyl (C=O) groups excluding carboxylic acids is 2. The number of methoxy groups -OCH3 is 2. The molecule has 19 nitrogen and oxygen atoms in total. The van der Waals surface area contributed by atoms with Gasteiger partial charge < -0.3 is 54.8 Å². The third kappa shape index (κ3) is 11.1. The monoisotopic (exact) mass is 985 g/mol. The number of aliphatic hydroxyl groups excluding tert-OH is 1. The van der Waals surface area contributed by atoms with Gasteiger partial charge in [0.25, 0.3) is 11.8 Å². The molecule has 2 aliphatic carbocycles. The van der Waals surface area contributed by atoms with Crippen molar-refractivity contribution in [1.29, 1.82) is 0 Å². The van der Waals surface area contributed by atoms with E-state index >= 15 is 8.78 Å². The van der Waals surface area contributed by atoms with Gasteiger partial charge in [0.2, 0.25) is 23.2 Å². The first kappa shape index (κ1) is 50.9. The minimum absolute atomic E-state index is 0.0511. The smallest absolute Gasteiger partial charge is 0.335 e. The van der Waals surface area contributed by atoms with Crippen LogP contribution in [-0.2, 0) is 9.59 Å². The van der Waals surface area contributed by atoms with Crippen LogP contribution in [0.2, 0.25) is 0 Å². The number of nitrogens with one attached hydrogen (secondary N) is 3. The first-order valence-corrected chi connectivity index (χ1v) is 24.3. The number of hydrogen-bond donors (Lipinski definition) is 5. The van der Waals surface area contributed by atoms with Crippen molar-refractivity contribution in [3.8, 4) is 11.5 Å². The molecule has 3 atom stereocenters. The predicted octanol–water partition coefficient (Wildman–Crippen LogP) is 6.74. The highest BCUT2D eigenvalue weighted by Crippen LogP contribution is 2.42. The van der Waals surface area contributed by atoms with Crippen molar-refractivity contribution in [1.82, 2.24) is 30.2 Å². The predicted molar refractivity (Wildman–Crippen MR) is 267 cm³/mol. The standard InChI is InChI=1S/C28H40FN7O3.C22H26FN5O4/c1-28(29)17-36(20-7-5-6-8-20)24-22(35(3)26(28)38)16-30-27(33-24)32-21-10-9-18(15-23(21)39-4)25(37)31-19-11-13-34(2)14-12-19;1-22(23)12-28(14-6-4-5-7-14)18-16(27(2)20(22)31)11-24-21(26-18)25-15-9-8-13(19(29)30)10-17(15)32-3/h9-10,15-16,19-20,25,31,37H,5-8,11-14,17H2,1-4H3,(H,30,32,33);8-11,14H,4-7,12H2,1-3H3,(H,29,30)(H,24,25,26). The molecule has 382 valence electrons. The summed E-state index contributed by atoms with van der Waals surface area (Å²) < 4.78 is 41.8. The summed E-state index contributed by atoms with van der Waals surface area (Å²) >= 11 is 0. The number of benzene rings is 2. The Bertz CT molecular complexity index is 2590. The lowest BCUT2D eigenvalue weighted by Crippen LogP contribution is -2.49. The summed E-state index contributed by atoms with van der Waals surface area (Å²) in [5, 5.41) is 29.6. The van der Waals surface area contributed by atoms with Crippen molar-refractivity contribution in [3.63, 3.8) is 0 Å². The van der Waals surface area contributed by atoms with Crippen LogP contribution in [0.3, 0.4) is 0 Å². The maximum Gasteiger partial charge on any atom is 0.335 e. The molecule has 0 spiro atoms. The van der Waals surface area contributed by atoms with Gasteiger partial charge in [-0.1, -0.05) is 31.7 Å². The van der Waals surface area contributed by atoms with E-state index in [1.165, 1.54) is 56.1 Å². The molecular formula is C50H66F2N12O7. The molecule has 1 saturated heterocycles. The Morgan fingerprint density at radius 2 is 1.17 bits per heavy atom. The number of aliphatic hydroxyl groups is 1. The SMILES string of the molecule is COc1cc(C(=O)O)ccc1Nc1ncc2c(n1)N(C1CCCC1)CC(C)(F)C(=O)N2C.COc1cc(C(O)NC2CCN(C)CC2)ccc1Nc1ncc2c(n1)N(C1CCCC1)CC(C)(F)C(=O)N2C. The first-order chi connectivity index (χ1) is 33.9. The lowest BCUT2D eigenvalue weighted by molar-refractivity contribution is -0.128. The molecule has 0 radical (unpaired) electrons. The molecule has 9 rings (SSSR count). The van der Waals surface area contributed by atoms with Crippen molar-refractivity contribution in [2.45, 2.75) is 114 Å². The summed E-state index contributed by atoms with van der Waals surface area (Å²) in [4.78, 5) is 63.8. The zero-order valence-electron chi connectivity index (χ0n) is 41.5. The number of aromatic carboxylic acids is 1. The van der Waals surface area contributed by atoms with Gasteiger partial charge >= 0.3 is 5.97 Å². The molecule has 3 unspecified atom stereocenters. The van der Waals surface area contributed by atoms with E-state index in [4.69, 9.17) is 14.5 Å². The van der Waals surface area contributed by atoms with Crippen LogP contribution < -0.4 is 45.0 Å². The largest absolute Gasteiger partial charge is 0.495 e. The average Bonchev–Trinajstić information content (AvgIpc) is 4.09. The van der Waals surface area contributed by atoms with Gasteiger partial charge in [-0.15, -0.1) is 0 Å². The second-order valence-electron chi connectivity index (χ2n) is 19.6. The Kier molecular flexibility index (Phi) is 15.1. The van der Waals surface area contributed by atoms with Gasteiger partial charge in [0.15, 0.2) is 11.6 Å². The highest BCUT2D eigenvalue weighted by atomic mass is 19.1. The van der Waals surface area contributed by atoms with Gasteiger partial charge in [0.1, 0.15) is 29.1 Å². The van der Waals surface area contributed by atoms with Gasteiger partial charge in [-0.2, -0.15) is 9.97 Å². The normalized spacial score (nSPS) is 22.8. The molecule has 3 fully saturated rings. The van der Waals surface area contributed by atoms with Crippen LogP contribution in [0.1, 0.15) is 100 Å². The quantitative estimate of drug-likeness (QED) is 0.0930. The summed E-state index contributed by atoms with van der Waals surface area (Å²) in [5.74, 6) is 0.148. The molecule has 2 aromatic carbocycles. The summed E-state index contributed by atoms with van der Waals surface area (Å²) in [6, 6.07) is 10.3. The first-order valence-electron chi connectivity index (χ1n) is 24.3. The van der Waals surface area contributed by atoms with E-state index in [0.29, 0.717) is 57.4 Å². The highest BCUT2D eigenvalue weighted by molar-refractivity contribution is 6.03. The minimum atomic E-state index is -2.05. The number of amides is 2. The van der Waals surface area contributed by atoms with Crippen LogP contribution in [0, 0.1) is 0 Å². The van der Waals surface area contributed by atoms with Gasteiger partial charge in [-0.05, 0) is 108 Å². The summed E-state index contributed by atoms with van der Waals surface area (Å²) in [7, 11) is 8.22. The van der Waals surface area contributed by atoms with Gasteiger partial charge in [-0.25, -0.2) is 23.5 Å². The van der Waals surface area contributed by atoms with Crippen LogP contribution in [0.5, 0.6) is 11.5 Å². The number of carbonyl (C=O) groups is 3. The topological polar surface area (TPSA) is 214 Å². The number of alkyl halides is 2. The molecule has 5 aliphatic rings. The average molecular weight is 985 g/mol. The maximum absolute atomic E-state index is 15.5. The van der Waals surface area contributed by atoms with E-state index in [1.54, 1.807) is 32.5 Å². The third-order valence-electron chi connectivity index (χ3n) is 14.3. The second-order valence-corrected chi connectivity index (χ2v) is 19.6. The van der Waals surface area contributed by atoms with Gasteiger partial charge in [-0.3, -0.25) is 14.9 Å². The summed E-state index contributed by atoms with van der Waals surface area (Å²) in [5.41, 5.74) is -1.24. The Labute approximate surface area is 412 Å². The van der Waals surface area contributed by atoms with Crippen LogP contribution in [0.25, 0.3) is 0 Å². The number of hydrogen-bond acceptors (Lipinski definition) is 16. The van der Waals surface area contributed by atoms with E-state index in [0.717, 1.165) is 77.3 Å². The molecule has 4 aromatic rings. The van der Waals surface area contributed by atoms with Crippen molar-refractivity contribution >= 4 is 64.1 Å². The van der Waals surface area contributed by atoms with Crippen LogP contribution in [-0.4, -0.2) is 144 Å². The van der Waals surface area contributed by atoms with Crippen LogP contribution >= 0.6 is 0 Å². The van der Waals surface area contributed by atoms with Gasteiger partial charge in [0.05, 0.1) is 56.6 Å². The molecule has 2 amide bonds. The molecule has 5 heterocycles. The van der Waals surface area contributed by atoms with E-state index in [2.05, 4.69) is 42.8 Å². The number of anilines is 8. The Hall–Kier alpha value is -6.45. The summed E-state index contributed by atoms with van der Waals surface area (Å²) in [6.45, 7) is 4.52. The molecule has 3 aliphatic heterocycles. The number of carboxylic acid groups (broad SMARTS) is 1. The van der Waals surface area contributed by atoms with Crippen LogP contribution in [0.15, 0.2) is 48.8 Å². The number of fused-ring (bicyclic) bond motifs is 2. The van der Waals surface area contributed by atoms with E-state index < -0.39 is 35.3 Å². The number of nitrogens with zero attached hydrogens (tertiary/aromatic N) is 9. The number of carboxylic acids is 1. The lowest BCUT2D eigenvalue weighted by Gasteiger charge is -2.32. The molecule has 0 bridgehead atoms. The van der Waals surface area contributed by atoms with Crippen molar-refractivity contribution in [2.24, 2.45) is 0 Å². The molecule has 2 aromatic heterocycles. The fourth-order valence-corrected chi connectivity index (χ4v) is 10.3. The zero-order valence-corrected chi connectivity index (χ0v) is 41.5. The minimum Gasteiger partial charge on any atom is -0.495 e. The fraction of sp³-hybridized carbons (Fsp3) is 0.540. The lowest BCUT2D eigenvalue weighted by atomic mass is 10.0. The van der Waals surface area contributed by atoms with E-state index in [-0.39, 0.29) is 42.7 Å². The summed E-state index contributed by atoms with van der Waals surface area (Å²) in [6.07, 6.45) is 12.2. The number of halogens is 2.